The summed E-state index contributed by atoms with van der Waals surface area (Å²) in [5.41, 5.74) is 8.43. The van der Waals surface area contributed by atoms with Gasteiger partial charge in [0.15, 0.2) is 11.6 Å². The second-order valence-electron chi connectivity index (χ2n) is 27.1. The summed E-state index contributed by atoms with van der Waals surface area (Å²) >= 11 is 0. The first-order chi connectivity index (χ1) is 45.8. The molecule has 528 valence electrons. The highest BCUT2D eigenvalue weighted by Crippen LogP contribution is 2.34. The second kappa shape index (κ2) is 39.7. The van der Waals surface area contributed by atoms with Crippen molar-refractivity contribution in [3.63, 3.8) is 0 Å². The number of ether oxygens (including phenoxy) is 3. The Morgan fingerprint density at radius 1 is 0.698 bits per heavy atom. The summed E-state index contributed by atoms with van der Waals surface area (Å²) < 4.78 is 17.9. The van der Waals surface area contributed by atoms with Gasteiger partial charge in [-0.2, -0.15) is 0 Å². The molecule has 1 saturated heterocycles. The zero-order valence-corrected chi connectivity index (χ0v) is 58.9. The topological polar surface area (TPSA) is 282 Å². The van der Waals surface area contributed by atoms with Gasteiger partial charge in [-0.1, -0.05) is 147 Å². The molecule has 0 unspecified atom stereocenters. The number of likely N-dealkylation sites (N-methyl/N-ethyl adjacent to an activating group) is 2. The van der Waals surface area contributed by atoms with Crippen LogP contribution in [0.25, 0.3) is 0 Å². The van der Waals surface area contributed by atoms with Crippen molar-refractivity contribution >= 4 is 64.6 Å². The van der Waals surface area contributed by atoms with E-state index in [4.69, 9.17) is 19.9 Å². The summed E-state index contributed by atoms with van der Waals surface area (Å²) in [6, 6.07) is 22.4. The standard InChI is InChI=1S/C75H109N7O14/c1-13-50(6)70(64(94-11)46-68(89)81-41-25-31-60(81)72(95-12)52(8)61(83)42-51(7)71(90)55-28-19-15-20-29-55)79(9)74(92)58(48(2)3)45-63(85)69(49(4)5)80(10)75(93)96-47-54-33-35-57(36-34-54)77-73(91)56(30-22-23-39-76)44-62(84)59(43-53-26-17-14-18-27-53)78-65(86)32-21-16-24-40-82-66(87)37-38-67(82)88/h14-15,17-20,26-29,33-38,48-52,56,58-60,64,69-72,90H,13,16,21-25,30-32,39-47,76H2,1-12H3,(H,77,91)(H,78,86)/t50-,51-,52-,56+,58-,59-,60-,64+,69-,70-,71+,72+/m0/s1. The number of carbonyl (C=O) groups is 10. The molecule has 3 aromatic rings. The van der Waals surface area contributed by atoms with E-state index in [2.05, 4.69) is 10.6 Å². The van der Waals surface area contributed by atoms with Gasteiger partial charge in [-0.15, -0.1) is 0 Å². The number of Topliss-reactive ketones (excluding diaryl/α,β-unsaturated/α-hetero) is 3. The average Bonchev–Trinajstić information content (AvgIpc) is 1.29. The maximum atomic E-state index is 14.9. The molecule has 5 rings (SSSR count). The van der Waals surface area contributed by atoms with Gasteiger partial charge in [0, 0.05) is 103 Å². The van der Waals surface area contributed by atoms with Gasteiger partial charge in [-0.05, 0) is 104 Å². The fourth-order valence-corrected chi connectivity index (χ4v) is 13.5. The number of carbonyl (C=O) groups excluding carboxylic acids is 10. The molecular weight excluding hydrogens is 1220 g/mol. The molecule has 2 heterocycles. The SMILES string of the molecule is CC[C@H](C)[C@@H]([C@@H](CC(=O)N1CCC[C@H]1[C@H](OC)[C@@H](C)C(=O)C[C@H](C)[C@@H](O)c1ccccc1)OC)N(C)C(=O)[C@@H](CC(=O)[C@H](C(C)C)N(C)C(=O)OCc1ccc(NC(=O)[C@H](CCCCN)CC(=O)[C@H](Cc2ccccc2)NC(=O)CCCCCN2C(=O)C=CC2=O)cc1)C(C)C. The van der Waals surface area contributed by atoms with Crippen LogP contribution in [-0.4, -0.2) is 168 Å². The number of aliphatic hydroxyl groups excluding tert-OH is 1. The fraction of sp³-hybridized carbons (Fsp3) is 0.600. The molecule has 2 aliphatic rings. The highest BCUT2D eigenvalue weighted by molar-refractivity contribution is 6.12. The minimum Gasteiger partial charge on any atom is -0.445 e. The number of aliphatic hydroxyl groups is 1. The van der Waals surface area contributed by atoms with Gasteiger partial charge in [0.05, 0.1) is 48.9 Å². The normalized spacial score (nSPS) is 17.4. The first kappa shape index (κ1) is 79.2. The molecule has 0 spiro atoms. The molecule has 0 radical (unpaired) electrons. The number of hydrogen-bond acceptors (Lipinski definition) is 15. The van der Waals surface area contributed by atoms with Crippen LogP contribution in [0.2, 0.25) is 0 Å². The molecule has 96 heavy (non-hydrogen) atoms. The number of rotatable bonds is 42. The Balaban J connectivity index is 1.18. The van der Waals surface area contributed by atoms with E-state index >= 15 is 0 Å². The largest absolute Gasteiger partial charge is 0.445 e. The lowest BCUT2D eigenvalue weighted by atomic mass is 9.83. The van der Waals surface area contributed by atoms with Crippen molar-refractivity contribution in [2.45, 2.75) is 201 Å². The number of anilines is 1. The lowest BCUT2D eigenvalue weighted by Crippen LogP contribution is -2.54. The molecular formula is C75H109N7O14. The number of nitrogens with one attached hydrogen (secondary N) is 2. The van der Waals surface area contributed by atoms with Crippen LogP contribution in [0.3, 0.4) is 0 Å². The quantitative estimate of drug-likeness (QED) is 0.0303. The van der Waals surface area contributed by atoms with E-state index in [1.807, 2.05) is 116 Å². The third-order valence-corrected chi connectivity index (χ3v) is 19.4. The zero-order valence-electron chi connectivity index (χ0n) is 58.9. The third kappa shape index (κ3) is 23.1. The Labute approximate surface area is 569 Å². The molecule has 3 aromatic carbocycles. The van der Waals surface area contributed by atoms with E-state index < -0.39 is 60.3 Å². The van der Waals surface area contributed by atoms with Crippen molar-refractivity contribution in [1.82, 2.24) is 24.9 Å². The van der Waals surface area contributed by atoms with E-state index in [1.54, 1.807) is 48.2 Å². The molecule has 1 fully saturated rings. The van der Waals surface area contributed by atoms with Gasteiger partial charge in [0.2, 0.25) is 23.6 Å². The molecule has 0 saturated carbocycles. The molecule has 5 N–H and O–H groups in total. The smallest absolute Gasteiger partial charge is 0.410 e. The van der Waals surface area contributed by atoms with Gasteiger partial charge in [0.25, 0.3) is 11.8 Å². The number of ketones is 3. The Kier molecular flexibility index (Phi) is 32.7. The molecule has 2 aliphatic heterocycles. The number of amides is 7. The van der Waals surface area contributed by atoms with Crippen molar-refractivity contribution in [2.75, 3.05) is 53.3 Å². The Hall–Kier alpha value is -7.46. The third-order valence-electron chi connectivity index (χ3n) is 19.4. The van der Waals surface area contributed by atoms with E-state index in [9.17, 15) is 53.1 Å². The van der Waals surface area contributed by atoms with Crippen LogP contribution in [0.1, 0.15) is 168 Å². The molecule has 7 amide bonds. The summed E-state index contributed by atoms with van der Waals surface area (Å²) in [6.45, 7) is 16.1. The van der Waals surface area contributed by atoms with Gasteiger partial charge >= 0.3 is 6.09 Å². The van der Waals surface area contributed by atoms with Crippen molar-refractivity contribution in [2.24, 2.45) is 47.2 Å². The highest BCUT2D eigenvalue weighted by Gasteiger charge is 2.44. The Morgan fingerprint density at radius 3 is 1.94 bits per heavy atom. The lowest BCUT2D eigenvalue weighted by Gasteiger charge is -2.41. The minimum atomic E-state index is -0.951. The monoisotopic (exact) mass is 1330 g/mol. The maximum Gasteiger partial charge on any atom is 0.410 e. The second-order valence-corrected chi connectivity index (χ2v) is 27.1. The first-order valence-corrected chi connectivity index (χ1v) is 34.6. The van der Waals surface area contributed by atoms with Crippen LogP contribution in [0.15, 0.2) is 97.1 Å². The molecule has 0 bridgehead atoms. The van der Waals surface area contributed by atoms with E-state index in [0.717, 1.165) is 16.0 Å². The predicted molar refractivity (Wildman–Crippen MR) is 368 cm³/mol. The van der Waals surface area contributed by atoms with Crippen LogP contribution in [-0.2, 0) is 70.4 Å². The van der Waals surface area contributed by atoms with Crippen molar-refractivity contribution < 1.29 is 67.3 Å². The Bertz CT molecular complexity index is 3030. The van der Waals surface area contributed by atoms with Gasteiger partial charge in [-0.25, -0.2) is 4.79 Å². The minimum absolute atomic E-state index is 0.0467. The van der Waals surface area contributed by atoms with Crippen LogP contribution in [0, 0.1) is 41.4 Å². The highest BCUT2D eigenvalue weighted by atomic mass is 16.6. The van der Waals surface area contributed by atoms with Crippen LogP contribution >= 0.6 is 0 Å². The number of likely N-dealkylation sites (tertiary alicyclic amines) is 1. The zero-order chi connectivity index (χ0) is 70.8. The van der Waals surface area contributed by atoms with E-state index in [1.165, 1.54) is 31.2 Å². The number of nitrogens with two attached hydrogens (primary N) is 1. The molecule has 0 aliphatic carbocycles. The molecule has 0 aromatic heterocycles. The van der Waals surface area contributed by atoms with Gasteiger partial charge < -0.3 is 50.4 Å². The summed E-state index contributed by atoms with van der Waals surface area (Å²) in [6.07, 6.45) is 4.92. The first-order valence-electron chi connectivity index (χ1n) is 34.6. The number of methoxy groups -OCH3 is 2. The van der Waals surface area contributed by atoms with Crippen molar-refractivity contribution in [3.05, 3.63) is 114 Å². The van der Waals surface area contributed by atoms with E-state index in [0.29, 0.717) is 82.1 Å². The van der Waals surface area contributed by atoms with Crippen LogP contribution in [0.4, 0.5) is 10.5 Å². The number of nitrogens with zero attached hydrogens (tertiary/aromatic N) is 4. The molecule has 21 heteroatoms. The average molecular weight is 1330 g/mol. The van der Waals surface area contributed by atoms with E-state index in [-0.39, 0.29) is 134 Å². The van der Waals surface area contributed by atoms with Crippen LogP contribution in [0.5, 0.6) is 0 Å². The van der Waals surface area contributed by atoms with Crippen molar-refractivity contribution in [3.8, 4) is 0 Å². The summed E-state index contributed by atoms with van der Waals surface area (Å²) in [5, 5.41) is 16.9. The maximum absolute atomic E-state index is 14.9. The molecule has 12 atom stereocenters. The lowest BCUT2D eigenvalue weighted by molar-refractivity contribution is -0.149. The van der Waals surface area contributed by atoms with Gasteiger partial charge in [0.1, 0.15) is 12.4 Å². The number of unbranched alkanes of at least 4 members (excludes halogenated alkanes) is 3. The predicted octanol–water partition coefficient (Wildman–Crippen LogP) is 9.62. The van der Waals surface area contributed by atoms with Gasteiger partial charge in [-0.3, -0.25) is 48.1 Å². The molecule has 21 nitrogen and oxygen atoms in total. The summed E-state index contributed by atoms with van der Waals surface area (Å²) in [5.74, 6) is -5.81. The summed E-state index contributed by atoms with van der Waals surface area (Å²) in [7, 11) is 6.28. The number of benzene rings is 3. The van der Waals surface area contributed by atoms with Crippen LogP contribution < -0.4 is 16.4 Å². The number of imide groups is 1. The fourth-order valence-electron chi connectivity index (χ4n) is 13.5. The Morgan fingerprint density at radius 2 is 1.34 bits per heavy atom. The van der Waals surface area contributed by atoms with Crippen molar-refractivity contribution in [1.29, 1.82) is 0 Å². The summed E-state index contributed by atoms with van der Waals surface area (Å²) in [4.78, 5) is 143. The number of hydrogen-bond donors (Lipinski definition) is 4.